The highest BCUT2D eigenvalue weighted by Gasteiger charge is 2.20. The number of pyridine rings is 2. The van der Waals surface area contributed by atoms with E-state index in [4.69, 9.17) is 0 Å². The van der Waals surface area contributed by atoms with Crippen LogP contribution in [0.1, 0.15) is 0 Å². The van der Waals surface area contributed by atoms with Gasteiger partial charge in [-0.1, -0.05) is 58.0 Å². The van der Waals surface area contributed by atoms with Crippen molar-refractivity contribution in [2.45, 2.75) is 13.1 Å². The molecule has 0 bridgehead atoms. The molecule has 4 aromatic carbocycles. The van der Waals surface area contributed by atoms with Gasteiger partial charge in [-0.25, -0.2) is 9.13 Å². The minimum absolute atomic E-state index is 0.0249. The van der Waals surface area contributed by atoms with E-state index in [-0.39, 0.29) is 51.3 Å². The molecular formula is C46H54N10O6S2+2. The number of azo groups is 2. The summed E-state index contributed by atoms with van der Waals surface area (Å²) in [6.45, 7) is 2.56. The first-order valence-corrected chi connectivity index (χ1v) is 23.5. The van der Waals surface area contributed by atoms with Crippen molar-refractivity contribution in [3.05, 3.63) is 121 Å². The van der Waals surface area contributed by atoms with Crippen LogP contribution in [0.2, 0.25) is 0 Å². The lowest BCUT2D eigenvalue weighted by Crippen LogP contribution is -2.44. The summed E-state index contributed by atoms with van der Waals surface area (Å²) in [5, 5.41) is 63.4. The van der Waals surface area contributed by atoms with Crippen LogP contribution in [-0.2, 0) is 22.7 Å². The molecule has 6 rings (SSSR count). The van der Waals surface area contributed by atoms with Gasteiger partial charge in [0.1, 0.15) is 22.4 Å². The Hall–Kier alpha value is -6.02. The Labute approximate surface area is 379 Å². The Morgan fingerprint density at radius 1 is 0.484 bits per heavy atom. The van der Waals surface area contributed by atoms with Crippen LogP contribution in [0, 0.1) is 0 Å². The molecule has 6 N–H and O–H groups in total. The van der Waals surface area contributed by atoms with E-state index in [0.29, 0.717) is 73.8 Å². The number of nitrogens with one attached hydrogen (secondary N) is 2. The third-order valence-corrected chi connectivity index (χ3v) is 12.4. The predicted octanol–water partition coefficient (Wildman–Crippen LogP) is 5.29. The summed E-state index contributed by atoms with van der Waals surface area (Å²) in [6.07, 6.45) is 0. The highest BCUT2D eigenvalue weighted by Crippen LogP contribution is 2.25. The Morgan fingerprint density at radius 3 is 1.23 bits per heavy atom. The number of para-hydroxylation sites is 2. The van der Waals surface area contributed by atoms with Crippen molar-refractivity contribution >= 4 is 89.6 Å². The Balaban J connectivity index is 0.964. The zero-order valence-electron chi connectivity index (χ0n) is 35.4. The van der Waals surface area contributed by atoms with Crippen LogP contribution < -0.4 is 29.6 Å². The van der Waals surface area contributed by atoms with E-state index in [1.807, 2.05) is 140 Å². The van der Waals surface area contributed by atoms with Crippen LogP contribution in [0.5, 0.6) is 0 Å². The lowest BCUT2D eigenvalue weighted by atomic mass is 10.2. The highest BCUT2D eigenvalue weighted by atomic mass is 33.1. The van der Waals surface area contributed by atoms with E-state index in [1.54, 1.807) is 21.6 Å². The Morgan fingerprint density at radius 2 is 0.859 bits per heavy atom. The molecular weight excluding hydrogens is 853 g/mol. The molecule has 18 heteroatoms. The van der Waals surface area contributed by atoms with Gasteiger partial charge >= 0.3 is 11.6 Å². The Kier molecular flexibility index (Phi) is 18.8. The maximum Gasteiger partial charge on any atom is 0.351 e. The minimum atomic E-state index is -0.157. The van der Waals surface area contributed by atoms with Gasteiger partial charge in [-0.05, 0) is 83.0 Å². The van der Waals surface area contributed by atoms with E-state index >= 15 is 0 Å². The molecule has 6 aromatic rings. The second kappa shape index (κ2) is 25.3. The van der Waals surface area contributed by atoms with Crippen LogP contribution >= 0.6 is 21.6 Å². The summed E-state index contributed by atoms with van der Waals surface area (Å²) in [6, 6.07) is 37.9. The summed E-state index contributed by atoms with van der Waals surface area (Å²) in [5.74, 6) is 2.08. The number of rotatable bonds is 25. The number of carbonyl (C=O) groups excluding carboxylic acids is 2. The van der Waals surface area contributed by atoms with Crippen LogP contribution in [0.3, 0.4) is 0 Å². The zero-order chi connectivity index (χ0) is 44.9. The van der Waals surface area contributed by atoms with Crippen molar-refractivity contribution in [2.75, 3.05) is 87.0 Å². The number of hydrogen-bond donors (Lipinski definition) is 6. The van der Waals surface area contributed by atoms with Crippen molar-refractivity contribution < 1.29 is 39.1 Å². The monoisotopic (exact) mass is 906 g/mol. The fraction of sp³-hybridized carbons (Fsp3) is 0.304. The topological polar surface area (TPSA) is 203 Å². The first kappa shape index (κ1) is 47.5. The Bertz CT molecular complexity index is 2310. The van der Waals surface area contributed by atoms with Gasteiger partial charge in [0, 0.05) is 85.1 Å². The van der Waals surface area contributed by atoms with Crippen LogP contribution in [0.25, 0.3) is 21.8 Å². The van der Waals surface area contributed by atoms with Gasteiger partial charge in [0.2, 0.25) is 0 Å². The van der Waals surface area contributed by atoms with Crippen LogP contribution in [0.15, 0.2) is 142 Å². The van der Waals surface area contributed by atoms with Gasteiger partial charge in [-0.15, -0.1) is 0 Å². The molecule has 0 unspecified atom stereocenters. The number of aliphatic hydroxyl groups is 4. The molecule has 334 valence electrons. The maximum absolute atomic E-state index is 13.2. The lowest BCUT2D eigenvalue weighted by molar-refractivity contribution is -0.645. The van der Waals surface area contributed by atoms with Crippen molar-refractivity contribution in [3.63, 3.8) is 0 Å². The van der Waals surface area contributed by atoms with Crippen molar-refractivity contribution in [2.24, 2.45) is 20.5 Å². The van der Waals surface area contributed by atoms with E-state index in [2.05, 4.69) is 31.1 Å². The SMILES string of the molecule is O=C(C[n+]1c(/N=N/c2ccc(N(CCO)CCO)cc2)ccc2ccccc21)NCCSSCCNC(=O)C[n+]1c(/N=N/c2ccc(N(CCO)CCO)cc2)ccc2ccccc21. The first-order chi connectivity index (χ1) is 31.4. The summed E-state index contributed by atoms with van der Waals surface area (Å²) >= 11 is 0. The molecule has 64 heavy (non-hydrogen) atoms. The standard InChI is InChI=1S/C46H52N10O6S2/c57-27-23-53(24-28-58)39-15-11-37(12-16-39)49-51-43-19-9-35-5-1-3-7-41(35)55(43)33-45(61)47-21-31-63-64-32-22-48-46(62)34-56-42-8-4-2-6-36(42)10-20-44(56)52-50-38-13-17-40(18-14-38)54(25-29-59)26-30-60/h1-20,57-60H,21-34H2/p+2. The molecule has 2 aromatic heterocycles. The molecule has 0 radical (unpaired) electrons. The smallest absolute Gasteiger partial charge is 0.351 e. The number of carbonyl (C=O) groups is 2. The number of aromatic nitrogens is 2. The first-order valence-electron chi connectivity index (χ1n) is 21.0. The van der Waals surface area contributed by atoms with Gasteiger partial charge in [0.05, 0.1) is 36.7 Å². The fourth-order valence-electron chi connectivity index (χ4n) is 6.89. The molecule has 0 aliphatic carbocycles. The molecule has 16 nitrogen and oxygen atoms in total. The number of benzene rings is 4. The summed E-state index contributed by atoms with van der Waals surface area (Å²) in [7, 11) is 3.23. The third kappa shape index (κ3) is 13.7. The quantitative estimate of drug-likeness (QED) is 0.0190. The van der Waals surface area contributed by atoms with Crippen LogP contribution in [0.4, 0.5) is 34.4 Å². The predicted molar refractivity (Wildman–Crippen MR) is 253 cm³/mol. The molecule has 0 atom stereocenters. The normalized spacial score (nSPS) is 11.5. The average Bonchev–Trinajstić information content (AvgIpc) is 3.32. The van der Waals surface area contributed by atoms with Gasteiger partial charge < -0.3 is 40.9 Å². The highest BCUT2D eigenvalue weighted by molar-refractivity contribution is 8.76. The summed E-state index contributed by atoms with van der Waals surface area (Å²) in [4.78, 5) is 30.2. The number of hydrogen-bond acceptors (Lipinski definition) is 14. The van der Waals surface area contributed by atoms with Gasteiger partial charge in [0.15, 0.2) is 13.1 Å². The third-order valence-electron chi connectivity index (χ3n) is 9.98. The molecule has 0 saturated carbocycles. The second-order valence-electron chi connectivity index (χ2n) is 14.3. The van der Waals surface area contributed by atoms with E-state index in [0.717, 1.165) is 33.2 Å². The summed E-state index contributed by atoms with van der Waals surface area (Å²) in [5.41, 5.74) is 4.65. The van der Waals surface area contributed by atoms with E-state index < -0.39 is 0 Å². The molecule has 0 aliphatic heterocycles. The number of anilines is 2. The van der Waals surface area contributed by atoms with Crippen molar-refractivity contribution in [1.29, 1.82) is 0 Å². The molecule has 0 aliphatic rings. The molecule has 2 amide bonds. The van der Waals surface area contributed by atoms with Gasteiger partial charge in [0.25, 0.3) is 11.8 Å². The summed E-state index contributed by atoms with van der Waals surface area (Å²) < 4.78 is 3.68. The van der Waals surface area contributed by atoms with Gasteiger partial charge in [-0.2, -0.15) is 0 Å². The van der Waals surface area contributed by atoms with Crippen LogP contribution in [-0.4, -0.2) is 109 Å². The van der Waals surface area contributed by atoms with E-state index in [9.17, 15) is 30.0 Å². The van der Waals surface area contributed by atoms with Gasteiger partial charge in [-0.3, -0.25) is 9.59 Å². The fourth-order valence-corrected chi connectivity index (χ4v) is 8.71. The average molecular weight is 907 g/mol. The minimum Gasteiger partial charge on any atom is -0.395 e. The number of amides is 2. The lowest BCUT2D eigenvalue weighted by Gasteiger charge is -2.22. The number of fused-ring (bicyclic) bond motifs is 2. The number of aliphatic hydroxyl groups excluding tert-OH is 4. The van der Waals surface area contributed by atoms with Crippen molar-refractivity contribution in [1.82, 2.24) is 10.6 Å². The zero-order valence-corrected chi connectivity index (χ0v) is 37.1. The number of nitrogens with zero attached hydrogens (tertiary/aromatic N) is 8. The van der Waals surface area contributed by atoms with E-state index in [1.165, 1.54) is 0 Å². The molecule has 0 saturated heterocycles. The molecule has 0 spiro atoms. The largest absolute Gasteiger partial charge is 0.395 e. The maximum atomic E-state index is 13.2. The second-order valence-corrected chi connectivity index (χ2v) is 17.0. The molecule has 2 heterocycles. The molecule has 0 fully saturated rings. The van der Waals surface area contributed by atoms with Crippen molar-refractivity contribution in [3.8, 4) is 0 Å².